The molecule has 0 aromatic carbocycles. The molecule has 1 heterocycles. The number of ether oxygens (including phenoxy) is 1. The number of nitrogens with zero attached hydrogens (tertiary/aromatic N) is 2. The Morgan fingerprint density at radius 1 is 1.15 bits per heavy atom. The first kappa shape index (κ1) is 24.3. The molecule has 1 aromatic heterocycles. The van der Waals surface area contributed by atoms with Crippen LogP contribution in [0.2, 0.25) is 0 Å². The van der Waals surface area contributed by atoms with Crippen LogP contribution in [-0.4, -0.2) is 29.3 Å². The van der Waals surface area contributed by atoms with E-state index in [4.69, 9.17) is 4.74 Å². The van der Waals surface area contributed by atoms with Crippen LogP contribution in [0.25, 0.3) is 0 Å². The van der Waals surface area contributed by atoms with Gasteiger partial charge < -0.3 is 4.74 Å². The molecule has 0 spiro atoms. The van der Waals surface area contributed by atoms with Crippen LogP contribution in [0.15, 0.2) is 12.3 Å². The minimum absolute atomic E-state index is 0.0482. The molecule has 8 atom stereocenters. The van der Waals surface area contributed by atoms with E-state index in [0.717, 1.165) is 50.2 Å². The van der Waals surface area contributed by atoms with Crippen LogP contribution in [0.1, 0.15) is 77.3 Å². The van der Waals surface area contributed by atoms with Gasteiger partial charge in [-0.1, -0.05) is 20.3 Å². The lowest BCUT2D eigenvalue weighted by atomic mass is 9.44. The molecule has 0 radical (unpaired) electrons. The molecule has 34 heavy (non-hydrogen) atoms. The largest absolute Gasteiger partial charge is 0.435 e. The van der Waals surface area contributed by atoms with Gasteiger partial charge in [-0.3, -0.25) is 9.48 Å². The Balaban J connectivity index is 1.34. The first-order valence-corrected chi connectivity index (χ1v) is 13.2. The number of Topliss-reactive ketones (excluding diaryl/α,β-unsaturated/α-hetero) is 1. The van der Waals surface area contributed by atoms with E-state index in [9.17, 15) is 18.0 Å². The molecule has 0 saturated heterocycles. The highest BCUT2D eigenvalue weighted by Crippen LogP contribution is 2.68. The SMILES string of the molecule is COC[C@]12CCC(C)CC1CC[C@@H]1C2CC[C@@]2(C)C1CC[C@@H]2C(=O)Cn1ccc(C(F)(F)F)n1. The van der Waals surface area contributed by atoms with Gasteiger partial charge in [0.15, 0.2) is 11.5 Å². The number of alkyl halides is 3. The van der Waals surface area contributed by atoms with Crippen LogP contribution in [0.5, 0.6) is 0 Å². The quantitative estimate of drug-likeness (QED) is 0.490. The number of ketones is 1. The Bertz CT molecular complexity index is 914. The number of carbonyl (C=O) groups is 1. The van der Waals surface area contributed by atoms with Crippen molar-refractivity contribution in [2.45, 2.75) is 84.4 Å². The monoisotopic (exact) mass is 480 g/mol. The van der Waals surface area contributed by atoms with E-state index in [1.807, 2.05) is 7.11 Å². The zero-order chi connectivity index (χ0) is 24.3. The summed E-state index contributed by atoms with van der Waals surface area (Å²) in [6.45, 7) is 5.49. The van der Waals surface area contributed by atoms with E-state index in [1.54, 1.807) is 0 Å². The van der Waals surface area contributed by atoms with Crippen molar-refractivity contribution in [3.63, 3.8) is 0 Å². The van der Waals surface area contributed by atoms with Crippen molar-refractivity contribution in [3.8, 4) is 0 Å². The molecule has 4 aliphatic carbocycles. The first-order valence-electron chi connectivity index (χ1n) is 13.2. The molecule has 0 amide bonds. The molecular weight excluding hydrogens is 441 g/mol. The molecule has 4 aliphatic rings. The van der Waals surface area contributed by atoms with Gasteiger partial charge in [0.1, 0.15) is 0 Å². The first-order chi connectivity index (χ1) is 16.1. The van der Waals surface area contributed by atoms with Crippen molar-refractivity contribution in [3.05, 3.63) is 18.0 Å². The summed E-state index contributed by atoms with van der Waals surface area (Å²) < 4.78 is 45.9. The van der Waals surface area contributed by atoms with Gasteiger partial charge in [-0.2, -0.15) is 18.3 Å². The Labute approximate surface area is 201 Å². The Kier molecular flexibility index (Phi) is 6.18. The summed E-state index contributed by atoms with van der Waals surface area (Å²) in [6, 6.07) is 0.955. The van der Waals surface area contributed by atoms with Crippen LogP contribution < -0.4 is 0 Å². The fourth-order valence-corrected chi connectivity index (χ4v) is 9.21. The number of methoxy groups -OCH3 is 1. The van der Waals surface area contributed by atoms with Gasteiger partial charge in [0, 0.05) is 19.2 Å². The van der Waals surface area contributed by atoms with Crippen molar-refractivity contribution in [1.82, 2.24) is 9.78 Å². The maximum atomic E-state index is 13.4. The molecule has 1 aromatic rings. The van der Waals surface area contributed by atoms with Gasteiger partial charge in [-0.25, -0.2) is 0 Å². The standard InChI is InChI=1S/C27H39F3N2O2/c1-17-8-12-26(16-34-3)18(14-17)4-5-19-20-6-7-22(25(20,2)11-9-21(19)26)23(33)15-32-13-10-24(31-32)27(28,29)30/h10,13,17-22H,4-9,11-12,14-16H2,1-3H3/t17?,18?,19-,20?,21?,22+,25-,26+/m0/s1. The molecule has 5 rings (SSSR count). The summed E-state index contributed by atoms with van der Waals surface area (Å²) in [5.74, 6) is 3.35. The van der Waals surface area contributed by atoms with Gasteiger partial charge in [0.05, 0.1) is 13.2 Å². The third-order valence-corrected chi connectivity index (χ3v) is 10.7. The Morgan fingerprint density at radius 2 is 1.94 bits per heavy atom. The highest BCUT2D eigenvalue weighted by molar-refractivity contribution is 5.82. The molecule has 0 N–H and O–H groups in total. The zero-order valence-electron chi connectivity index (χ0n) is 20.7. The normalized spacial score (nSPS) is 42.1. The number of carbonyl (C=O) groups excluding carboxylic acids is 1. The summed E-state index contributed by atoms with van der Waals surface area (Å²) in [4.78, 5) is 13.4. The predicted octanol–water partition coefficient (Wildman–Crippen LogP) is 6.39. The topological polar surface area (TPSA) is 44.1 Å². The maximum Gasteiger partial charge on any atom is 0.435 e. The number of aromatic nitrogens is 2. The lowest BCUT2D eigenvalue weighted by Gasteiger charge is -2.61. The number of fused-ring (bicyclic) bond motifs is 5. The van der Waals surface area contributed by atoms with E-state index >= 15 is 0 Å². The van der Waals surface area contributed by atoms with Crippen LogP contribution in [0.3, 0.4) is 0 Å². The average molecular weight is 481 g/mol. The predicted molar refractivity (Wildman–Crippen MR) is 123 cm³/mol. The molecule has 4 nitrogen and oxygen atoms in total. The third-order valence-electron chi connectivity index (χ3n) is 10.7. The van der Waals surface area contributed by atoms with E-state index < -0.39 is 11.9 Å². The summed E-state index contributed by atoms with van der Waals surface area (Å²) in [5, 5.41) is 3.62. The van der Waals surface area contributed by atoms with Crippen molar-refractivity contribution < 1.29 is 22.7 Å². The van der Waals surface area contributed by atoms with Gasteiger partial charge in [-0.15, -0.1) is 0 Å². The maximum absolute atomic E-state index is 13.4. The van der Waals surface area contributed by atoms with Crippen molar-refractivity contribution in [1.29, 1.82) is 0 Å². The second-order valence-corrected chi connectivity index (χ2v) is 12.2. The molecule has 4 saturated carbocycles. The second-order valence-electron chi connectivity index (χ2n) is 12.2. The second kappa shape index (κ2) is 8.63. The summed E-state index contributed by atoms with van der Waals surface area (Å²) in [7, 11) is 1.85. The number of hydrogen-bond donors (Lipinski definition) is 0. The van der Waals surface area contributed by atoms with Crippen molar-refractivity contribution in [2.75, 3.05) is 13.7 Å². The minimum atomic E-state index is -4.48. The van der Waals surface area contributed by atoms with Gasteiger partial charge in [0.25, 0.3) is 0 Å². The summed E-state index contributed by atoms with van der Waals surface area (Å²) in [5.41, 5.74) is -0.698. The van der Waals surface area contributed by atoms with Gasteiger partial charge in [0.2, 0.25) is 0 Å². The van der Waals surface area contributed by atoms with Crippen molar-refractivity contribution in [2.24, 2.45) is 46.3 Å². The van der Waals surface area contributed by atoms with E-state index in [-0.39, 0.29) is 29.1 Å². The van der Waals surface area contributed by atoms with Crippen LogP contribution >= 0.6 is 0 Å². The van der Waals surface area contributed by atoms with Crippen molar-refractivity contribution >= 4 is 5.78 Å². The lowest BCUT2D eigenvalue weighted by Crippen LogP contribution is -2.56. The third kappa shape index (κ3) is 3.84. The number of hydrogen-bond acceptors (Lipinski definition) is 3. The van der Waals surface area contributed by atoms with Crippen LogP contribution in [0, 0.1) is 46.3 Å². The molecule has 0 bridgehead atoms. The molecule has 0 aliphatic heterocycles. The molecular formula is C27H39F3N2O2. The highest BCUT2D eigenvalue weighted by Gasteiger charge is 2.62. The lowest BCUT2D eigenvalue weighted by molar-refractivity contribution is -0.154. The number of halogens is 3. The average Bonchev–Trinajstić information content (AvgIpc) is 3.38. The fraction of sp³-hybridized carbons (Fsp3) is 0.852. The van der Waals surface area contributed by atoms with Crippen LogP contribution in [-0.2, 0) is 22.3 Å². The molecule has 4 unspecified atom stereocenters. The van der Waals surface area contributed by atoms with Gasteiger partial charge in [-0.05, 0) is 97.9 Å². The van der Waals surface area contributed by atoms with E-state index in [0.29, 0.717) is 17.8 Å². The zero-order valence-corrected chi connectivity index (χ0v) is 20.7. The fourth-order valence-electron chi connectivity index (χ4n) is 9.21. The van der Waals surface area contributed by atoms with E-state index in [1.165, 1.54) is 43.0 Å². The highest BCUT2D eigenvalue weighted by atomic mass is 19.4. The Morgan fingerprint density at radius 3 is 2.65 bits per heavy atom. The summed E-state index contributed by atoms with van der Waals surface area (Å²) in [6.07, 6.45) is 7.30. The molecule has 190 valence electrons. The Hall–Kier alpha value is -1.37. The minimum Gasteiger partial charge on any atom is -0.384 e. The van der Waals surface area contributed by atoms with E-state index in [2.05, 4.69) is 18.9 Å². The smallest absolute Gasteiger partial charge is 0.384 e. The van der Waals surface area contributed by atoms with Gasteiger partial charge >= 0.3 is 6.18 Å². The number of rotatable bonds is 5. The molecule has 4 fully saturated rings. The molecule has 7 heteroatoms. The van der Waals surface area contributed by atoms with Crippen LogP contribution in [0.4, 0.5) is 13.2 Å². The summed E-state index contributed by atoms with van der Waals surface area (Å²) >= 11 is 0.